The molecule has 21 heavy (non-hydrogen) atoms. The molecule has 0 amide bonds. The smallest absolute Gasteiger partial charge is 0.339 e. The second-order valence-corrected chi connectivity index (χ2v) is 6.89. The van der Waals surface area contributed by atoms with Gasteiger partial charge in [-0.3, -0.25) is 0 Å². The Bertz CT molecular complexity index is 510. The van der Waals surface area contributed by atoms with Gasteiger partial charge in [0.05, 0.1) is 22.2 Å². The normalized spacial score (nSPS) is 21.0. The largest absolute Gasteiger partial charge is 0.462 e. The Labute approximate surface area is 140 Å². The first-order valence-electron chi connectivity index (χ1n) is 7.33. The van der Waals surface area contributed by atoms with Crippen molar-refractivity contribution in [2.75, 3.05) is 6.61 Å². The van der Waals surface area contributed by atoms with Crippen molar-refractivity contribution in [3.8, 4) is 0 Å². The van der Waals surface area contributed by atoms with Gasteiger partial charge in [-0.05, 0) is 43.2 Å². The van der Waals surface area contributed by atoms with Crippen LogP contribution in [0.15, 0.2) is 12.1 Å². The standard InChI is InChI=1S/C16H19Cl3O2/c1-2-3-10-6-11(7-10)4-5-21-16(20)13-8-12(17)9-14(18)15(13)19/h8-11H,2-7H2,1H3. The lowest BCUT2D eigenvalue weighted by molar-refractivity contribution is 0.0435. The van der Waals surface area contributed by atoms with Crippen LogP contribution in [0.3, 0.4) is 0 Å². The van der Waals surface area contributed by atoms with Gasteiger partial charge in [0, 0.05) is 5.02 Å². The Morgan fingerprint density at radius 1 is 1.19 bits per heavy atom. The van der Waals surface area contributed by atoms with Crippen molar-refractivity contribution >= 4 is 40.8 Å². The van der Waals surface area contributed by atoms with Crippen molar-refractivity contribution in [1.82, 2.24) is 0 Å². The fraction of sp³-hybridized carbons (Fsp3) is 0.562. The molecule has 0 aliphatic heterocycles. The highest BCUT2D eigenvalue weighted by atomic mass is 35.5. The molecule has 0 aromatic heterocycles. The van der Waals surface area contributed by atoms with Crippen LogP contribution >= 0.6 is 34.8 Å². The van der Waals surface area contributed by atoms with E-state index >= 15 is 0 Å². The summed E-state index contributed by atoms with van der Waals surface area (Å²) < 4.78 is 5.28. The van der Waals surface area contributed by atoms with E-state index in [1.165, 1.54) is 37.8 Å². The lowest BCUT2D eigenvalue weighted by Crippen LogP contribution is -2.25. The first-order valence-corrected chi connectivity index (χ1v) is 8.46. The summed E-state index contributed by atoms with van der Waals surface area (Å²) in [6, 6.07) is 2.99. The maximum atomic E-state index is 12.0. The zero-order valence-electron chi connectivity index (χ0n) is 12.0. The summed E-state index contributed by atoms with van der Waals surface area (Å²) in [4.78, 5) is 12.0. The van der Waals surface area contributed by atoms with Crippen molar-refractivity contribution in [1.29, 1.82) is 0 Å². The maximum absolute atomic E-state index is 12.0. The average molecular weight is 350 g/mol. The molecule has 1 aliphatic carbocycles. The van der Waals surface area contributed by atoms with E-state index in [2.05, 4.69) is 6.92 Å². The van der Waals surface area contributed by atoms with Gasteiger partial charge in [0.1, 0.15) is 0 Å². The summed E-state index contributed by atoms with van der Waals surface area (Å²) >= 11 is 17.8. The predicted molar refractivity (Wildman–Crippen MR) is 87.5 cm³/mol. The summed E-state index contributed by atoms with van der Waals surface area (Å²) in [6.45, 7) is 2.64. The quantitative estimate of drug-likeness (QED) is 0.463. The molecule has 0 unspecified atom stereocenters. The lowest BCUT2D eigenvalue weighted by atomic mass is 9.71. The van der Waals surface area contributed by atoms with Crippen LogP contribution < -0.4 is 0 Å². The second-order valence-electron chi connectivity index (χ2n) is 5.67. The van der Waals surface area contributed by atoms with E-state index < -0.39 is 5.97 Å². The monoisotopic (exact) mass is 348 g/mol. The van der Waals surface area contributed by atoms with Gasteiger partial charge >= 0.3 is 5.97 Å². The minimum absolute atomic E-state index is 0.192. The molecule has 1 aromatic rings. The fourth-order valence-corrected chi connectivity index (χ4v) is 3.53. The summed E-state index contributed by atoms with van der Waals surface area (Å²) in [5.74, 6) is 1.10. The van der Waals surface area contributed by atoms with Gasteiger partial charge in [-0.15, -0.1) is 0 Å². The number of carbonyl (C=O) groups excluding carboxylic acids is 1. The number of esters is 1. The number of hydrogen-bond acceptors (Lipinski definition) is 2. The Hall–Kier alpha value is -0.440. The highest BCUT2D eigenvalue weighted by Gasteiger charge is 2.28. The summed E-state index contributed by atoms with van der Waals surface area (Å²) in [5.41, 5.74) is 0.228. The van der Waals surface area contributed by atoms with Crippen molar-refractivity contribution < 1.29 is 9.53 Å². The minimum Gasteiger partial charge on any atom is -0.462 e. The molecule has 1 saturated carbocycles. The molecular formula is C16H19Cl3O2. The fourth-order valence-electron chi connectivity index (χ4n) is 2.85. The van der Waals surface area contributed by atoms with Crippen LogP contribution in [0, 0.1) is 11.8 Å². The number of ether oxygens (including phenoxy) is 1. The van der Waals surface area contributed by atoms with Gasteiger partial charge in [0.25, 0.3) is 0 Å². The Balaban J connectivity index is 1.78. The predicted octanol–water partition coefficient (Wildman–Crippen LogP) is 6.02. The molecule has 116 valence electrons. The Kier molecular flexibility index (Phi) is 6.21. The molecule has 5 heteroatoms. The Morgan fingerprint density at radius 3 is 2.52 bits per heavy atom. The third-order valence-electron chi connectivity index (χ3n) is 4.00. The molecule has 1 aromatic carbocycles. The van der Waals surface area contributed by atoms with Crippen LogP contribution in [0.5, 0.6) is 0 Å². The molecule has 1 aliphatic rings. The molecule has 0 saturated heterocycles. The lowest BCUT2D eigenvalue weighted by Gasteiger charge is -2.35. The van der Waals surface area contributed by atoms with Gasteiger partial charge in [0.15, 0.2) is 0 Å². The molecule has 1 fully saturated rings. The molecular weight excluding hydrogens is 331 g/mol. The zero-order chi connectivity index (χ0) is 15.4. The molecule has 2 nitrogen and oxygen atoms in total. The molecule has 0 atom stereocenters. The van der Waals surface area contributed by atoms with E-state index in [-0.39, 0.29) is 15.6 Å². The second kappa shape index (κ2) is 7.71. The number of carbonyl (C=O) groups is 1. The topological polar surface area (TPSA) is 26.3 Å². The van der Waals surface area contributed by atoms with Gasteiger partial charge in [-0.2, -0.15) is 0 Å². The van der Waals surface area contributed by atoms with Gasteiger partial charge < -0.3 is 4.74 Å². The first-order chi connectivity index (χ1) is 10.0. The van der Waals surface area contributed by atoms with Crippen LogP contribution in [0.1, 0.15) is 49.4 Å². The molecule has 0 heterocycles. The summed E-state index contributed by atoms with van der Waals surface area (Å²) in [5, 5.41) is 0.827. The number of halogens is 3. The zero-order valence-corrected chi connectivity index (χ0v) is 14.3. The van der Waals surface area contributed by atoms with Gasteiger partial charge in [-0.25, -0.2) is 4.79 Å². The third kappa shape index (κ3) is 4.51. The highest BCUT2D eigenvalue weighted by molar-refractivity contribution is 6.45. The highest BCUT2D eigenvalue weighted by Crippen LogP contribution is 2.38. The maximum Gasteiger partial charge on any atom is 0.339 e. The molecule has 0 radical (unpaired) electrons. The minimum atomic E-state index is -0.464. The van der Waals surface area contributed by atoms with Crippen molar-refractivity contribution in [3.05, 3.63) is 32.8 Å². The molecule has 0 bridgehead atoms. The van der Waals surface area contributed by atoms with E-state index in [9.17, 15) is 4.79 Å². The van der Waals surface area contributed by atoms with E-state index in [0.29, 0.717) is 17.5 Å². The number of benzene rings is 1. The third-order valence-corrected chi connectivity index (χ3v) is 5.02. The van der Waals surface area contributed by atoms with Crippen LogP contribution in [0.2, 0.25) is 15.1 Å². The van der Waals surface area contributed by atoms with E-state index in [0.717, 1.165) is 12.3 Å². The SMILES string of the molecule is CCCC1CC(CCOC(=O)c2cc(Cl)cc(Cl)c2Cl)C1. The van der Waals surface area contributed by atoms with Gasteiger partial charge in [0.2, 0.25) is 0 Å². The van der Waals surface area contributed by atoms with Crippen LogP contribution in [0.25, 0.3) is 0 Å². The molecule has 0 N–H and O–H groups in total. The van der Waals surface area contributed by atoms with Crippen molar-refractivity contribution in [2.45, 2.75) is 39.0 Å². The summed E-state index contributed by atoms with van der Waals surface area (Å²) in [7, 11) is 0. The number of hydrogen-bond donors (Lipinski definition) is 0. The van der Waals surface area contributed by atoms with Crippen molar-refractivity contribution in [3.63, 3.8) is 0 Å². The molecule has 2 rings (SSSR count). The van der Waals surface area contributed by atoms with E-state index in [1.807, 2.05) is 0 Å². The van der Waals surface area contributed by atoms with E-state index in [4.69, 9.17) is 39.5 Å². The number of rotatable bonds is 6. The first kappa shape index (κ1) is 16.9. The molecule has 0 spiro atoms. The van der Waals surface area contributed by atoms with E-state index in [1.54, 1.807) is 0 Å². The van der Waals surface area contributed by atoms with Gasteiger partial charge in [-0.1, -0.05) is 54.6 Å². The summed E-state index contributed by atoms with van der Waals surface area (Å²) in [6.07, 6.45) is 6.00. The average Bonchev–Trinajstić information content (AvgIpc) is 2.39. The van der Waals surface area contributed by atoms with Crippen LogP contribution in [-0.4, -0.2) is 12.6 Å². The van der Waals surface area contributed by atoms with Crippen molar-refractivity contribution in [2.24, 2.45) is 11.8 Å². The van der Waals surface area contributed by atoms with Crippen LogP contribution in [-0.2, 0) is 4.74 Å². The Morgan fingerprint density at radius 2 is 1.86 bits per heavy atom. The van der Waals surface area contributed by atoms with Crippen LogP contribution in [0.4, 0.5) is 0 Å².